The molecule has 1 saturated carbocycles. The van der Waals surface area contributed by atoms with Gasteiger partial charge in [-0.25, -0.2) is 0 Å². The zero-order chi connectivity index (χ0) is 17.8. The van der Waals surface area contributed by atoms with E-state index in [2.05, 4.69) is 10.6 Å². The third-order valence-electron chi connectivity index (χ3n) is 4.01. The molecule has 25 heavy (non-hydrogen) atoms. The first-order valence-corrected chi connectivity index (χ1v) is 8.47. The normalized spacial score (nSPS) is 14.5. The van der Waals surface area contributed by atoms with Gasteiger partial charge in [-0.2, -0.15) is 0 Å². The largest absolute Gasteiger partial charge is 0.481 e. The third kappa shape index (κ3) is 4.59. The van der Waals surface area contributed by atoms with Gasteiger partial charge in [-0.05, 0) is 56.5 Å². The van der Waals surface area contributed by atoms with Crippen LogP contribution in [0, 0.1) is 6.92 Å². The van der Waals surface area contributed by atoms with Crippen LogP contribution in [0.5, 0.6) is 5.75 Å². The second-order valence-corrected chi connectivity index (χ2v) is 6.36. The van der Waals surface area contributed by atoms with Gasteiger partial charge in [0.1, 0.15) is 5.75 Å². The maximum atomic E-state index is 12.4. The second-order valence-electron chi connectivity index (χ2n) is 6.36. The molecule has 3 rings (SSSR count). The van der Waals surface area contributed by atoms with Crippen molar-refractivity contribution in [1.29, 1.82) is 0 Å². The van der Waals surface area contributed by atoms with Crippen molar-refractivity contribution in [3.63, 3.8) is 0 Å². The zero-order valence-electron chi connectivity index (χ0n) is 14.4. The van der Waals surface area contributed by atoms with Crippen LogP contribution >= 0.6 is 0 Å². The molecule has 0 aromatic heterocycles. The van der Waals surface area contributed by atoms with Crippen molar-refractivity contribution in [3.05, 3.63) is 59.7 Å². The highest BCUT2D eigenvalue weighted by Crippen LogP contribution is 2.22. The predicted octanol–water partition coefficient (Wildman–Crippen LogP) is 3.29. The van der Waals surface area contributed by atoms with Crippen LogP contribution < -0.4 is 15.4 Å². The highest BCUT2D eigenvalue weighted by molar-refractivity contribution is 6.04. The fourth-order valence-electron chi connectivity index (χ4n) is 2.46. The molecule has 1 atom stereocenters. The van der Waals surface area contributed by atoms with Crippen LogP contribution in [-0.4, -0.2) is 24.0 Å². The van der Waals surface area contributed by atoms with Crippen molar-refractivity contribution in [2.24, 2.45) is 0 Å². The summed E-state index contributed by atoms with van der Waals surface area (Å²) in [5, 5.41) is 5.73. The third-order valence-corrected chi connectivity index (χ3v) is 4.01. The second kappa shape index (κ2) is 7.38. The summed E-state index contributed by atoms with van der Waals surface area (Å²) in [4.78, 5) is 24.7. The lowest BCUT2D eigenvalue weighted by Gasteiger charge is -2.16. The SMILES string of the molecule is Cc1cccc(O[C@H](C)C(=O)Nc2ccccc2C(=O)NC2CC2)c1. The molecule has 5 nitrogen and oxygen atoms in total. The number of nitrogens with one attached hydrogen (secondary N) is 2. The Kier molecular flexibility index (Phi) is 5.03. The lowest BCUT2D eigenvalue weighted by atomic mass is 10.1. The van der Waals surface area contributed by atoms with Crippen LogP contribution in [0.15, 0.2) is 48.5 Å². The highest BCUT2D eigenvalue weighted by atomic mass is 16.5. The Bertz CT molecular complexity index is 784. The minimum Gasteiger partial charge on any atom is -0.481 e. The van der Waals surface area contributed by atoms with Crippen molar-refractivity contribution in [2.45, 2.75) is 38.8 Å². The van der Waals surface area contributed by atoms with E-state index in [-0.39, 0.29) is 17.9 Å². The summed E-state index contributed by atoms with van der Waals surface area (Å²) in [5.41, 5.74) is 2.02. The van der Waals surface area contributed by atoms with Gasteiger partial charge >= 0.3 is 0 Å². The fourth-order valence-corrected chi connectivity index (χ4v) is 2.46. The Labute approximate surface area is 147 Å². The standard InChI is InChI=1S/C20H22N2O3/c1-13-6-5-7-16(12-13)25-14(2)19(23)22-18-9-4-3-8-17(18)20(24)21-15-10-11-15/h3-9,12,14-15H,10-11H2,1-2H3,(H,21,24)(H,22,23)/t14-/m1/s1. The topological polar surface area (TPSA) is 67.4 Å². The molecule has 0 bridgehead atoms. The van der Waals surface area contributed by atoms with Crippen molar-refractivity contribution in [2.75, 3.05) is 5.32 Å². The van der Waals surface area contributed by atoms with Crippen LogP contribution in [0.4, 0.5) is 5.69 Å². The first-order chi connectivity index (χ1) is 12.0. The van der Waals surface area contributed by atoms with E-state index in [0.29, 0.717) is 17.0 Å². The zero-order valence-corrected chi connectivity index (χ0v) is 14.4. The van der Waals surface area contributed by atoms with Crippen LogP contribution in [0.3, 0.4) is 0 Å². The average molecular weight is 338 g/mol. The highest BCUT2D eigenvalue weighted by Gasteiger charge is 2.25. The number of ether oxygens (including phenoxy) is 1. The molecule has 2 amide bonds. The predicted molar refractivity (Wildman–Crippen MR) is 96.8 cm³/mol. The summed E-state index contributed by atoms with van der Waals surface area (Å²) >= 11 is 0. The minimum absolute atomic E-state index is 0.161. The molecule has 2 aromatic carbocycles. The molecule has 0 radical (unpaired) electrons. The van der Waals surface area contributed by atoms with Gasteiger partial charge < -0.3 is 15.4 Å². The monoisotopic (exact) mass is 338 g/mol. The lowest BCUT2D eigenvalue weighted by molar-refractivity contribution is -0.122. The quantitative estimate of drug-likeness (QED) is 0.849. The van der Waals surface area contributed by atoms with Crippen molar-refractivity contribution >= 4 is 17.5 Å². The summed E-state index contributed by atoms with van der Waals surface area (Å²) in [6.07, 6.45) is 1.35. The van der Waals surface area contributed by atoms with Gasteiger partial charge in [0.15, 0.2) is 6.10 Å². The summed E-state index contributed by atoms with van der Waals surface area (Å²) < 4.78 is 5.69. The number of para-hydroxylation sites is 1. The summed E-state index contributed by atoms with van der Waals surface area (Å²) in [7, 11) is 0. The maximum Gasteiger partial charge on any atom is 0.265 e. The number of carbonyl (C=O) groups excluding carboxylic acids is 2. The van der Waals surface area contributed by atoms with E-state index in [1.165, 1.54) is 0 Å². The van der Waals surface area contributed by atoms with E-state index < -0.39 is 6.10 Å². The maximum absolute atomic E-state index is 12.4. The molecule has 0 aliphatic heterocycles. The number of amides is 2. The molecule has 1 fully saturated rings. The van der Waals surface area contributed by atoms with Crippen LogP contribution in [0.25, 0.3) is 0 Å². The van der Waals surface area contributed by atoms with Gasteiger partial charge in [-0.15, -0.1) is 0 Å². The van der Waals surface area contributed by atoms with E-state index in [9.17, 15) is 9.59 Å². The smallest absolute Gasteiger partial charge is 0.265 e. The van der Waals surface area contributed by atoms with Gasteiger partial charge in [0.25, 0.3) is 11.8 Å². The fraction of sp³-hybridized carbons (Fsp3) is 0.300. The summed E-state index contributed by atoms with van der Waals surface area (Å²) in [6, 6.07) is 14.8. The molecular formula is C20H22N2O3. The van der Waals surface area contributed by atoms with Crippen LogP contribution in [0.2, 0.25) is 0 Å². The number of anilines is 1. The van der Waals surface area contributed by atoms with E-state index >= 15 is 0 Å². The first kappa shape index (κ1) is 17.0. The molecule has 0 heterocycles. The molecule has 2 N–H and O–H groups in total. The number of hydrogen-bond donors (Lipinski definition) is 2. The van der Waals surface area contributed by atoms with E-state index in [1.54, 1.807) is 31.2 Å². The number of benzene rings is 2. The van der Waals surface area contributed by atoms with Crippen molar-refractivity contribution in [3.8, 4) is 5.75 Å². The Morgan fingerprint density at radius 2 is 1.88 bits per heavy atom. The summed E-state index contributed by atoms with van der Waals surface area (Å²) in [6.45, 7) is 3.65. The Hall–Kier alpha value is -2.82. The van der Waals surface area contributed by atoms with Gasteiger partial charge in [-0.3, -0.25) is 9.59 Å². The minimum atomic E-state index is -0.679. The number of hydrogen-bond acceptors (Lipinski definition) is 3. The van der Waals surface area contributed by atoms with Crippen LogP contribution in [0.1, 0.15) is 35.7 Å². The molecule has 0 unspecified atom stereocenters. The molecule has 5 heteroatoms. The molecule has 1 aliphatic carbocycles. The van der Waals surface area contributed by atoms with Gasteiger partial charge in [0.2, 0.25) is 0 Å². The molecule has 0 saturated heterocycles. The Morgan fingerprint density at radius 3 is 2.60 bits per heavy atom. The van der Waals surface area contributed by atoms with Gasteiger partial charge in [0.05, 0.1) is 11.3 Å². The molecule has 0 spiro atoms. The van der Waals surface area contributed by atoms with E-state index in [1.807, 2.05) is 31.2 Å². The summed E-state index contributed by atoms with van der Waals surface area (Å²) in [5.74, 6) is 0.182. The molecule has 130 valence electrons. The van der Waals surface area contributed by atoms with Crippen molar-refractivity contribution in [1.82, 2.24) is 5.32 Å². The lowest BCUT2D eigenvalue weighted by Crippen LogP contribution is -2.32. The Morgan fingerprint density at radius 1 is 1.12 bits per heavy atom. The first-order valence-electron chi connectivity index (χ1n) is 8.47. The number of carbonyl (C=O) groups is 2. The number of rotatable bonds is 6. The van der Waals surface area contributed by atoms with E-state index in [4.69, 9.17) is 4.74 Å². The van der Waals surface area contributed by atoms with Crippen molar-refractivity contribution < 1.29 is 14.3 Å². The molecule has 1 aliphatic rings. The average Bonchev–Trinajstić information content (AvgIpc) is 3.39. The molecule has 2 aromatic rings. The van der Waals surface area contributed by atoms with Gasteiger partial charge in [-0.1, -0.05) is 24.3 Å². The Balaban J connectivity index is 1.66. The van der Waals surface area contributed by atoms with Gasteiger partial charge in [0, 0.05) is 6.04 Å². The van der Waals surface area contributed by atoms with E-state index in [0.717, 1.165) is 18.4 Å². The molecular weight excluding hydrogens is 316 g/mol. The number of aryl methyl sites for hydroxylation is 1. The van der Waals surface area contributed by atoms with Crippen LogP contribution in [-0.2, 0) is 4.79 Å².